The molecule has 1 N–H and O–H groups in total. The number of aromatic nitrogens is 4. The predicted octanol–water partition coefficient (Wildman–Crippen LogP) is -1.44. The number of tetrazole rings is 1. The van der Waals surface area contributed by atoms with Crippen molar-refractivity contribution < 1.29 is 17.8 Å². The summed E-state index contributed by atoms with van der Waals surface area (Å²) in [5.41, 5.74) is -1.30. The van der Waals surface area contributed by atoms with Gasteiger partial charge >= 0.3 is 10.3 Å². The second-order valence-electron chi connectivity index (χ2n) is 4.96. The number of β-lactam (4-membered cyclic amide) rings is 1. The zero-order valence-electron chi connectivity index (χ0n) is 11.2. The van der Waals surface area contributed by atoms with E-state index in [1.54, 1.807) is 18.9 Å². The highest BCUT2D eigenvalue weighted by Gasteiger charge is 2.72. The van der Waals surface area contributed by atoms with Crippen molar-refractivity contribution in [1.82, 2.24) is 24.5 Å². The molecule has 1 aromatic rings. The molecule has 21 heavy (non-hydrogen) atoms. The molecule has 2 fully saturated rings. The van der Waals surface area contributed by atoms with Gasteiger partial charge in [0.15, 0.2) is 5.54 Å². The fraction of sp³-hybridized carbons (Fsp3) is 0.667. The Hall–Kier alpha value is -1.66. The van der Waals surface area contributed by atoms with Crippen LogP contribution in [-0.2, 0) is 22.1 Å². The van der Waals surface area contributed by atoms with Gasteiger partial charge in [0, 0.05) is 18.5 Å². The maximum absolute atomic E-state index is 12.4. The van der Waals surface area contributed by atoms with E-state index < -0.39 is 27.8 Å². The molecular weight excluding hydrogens is 320 g/mol. The zero-order valence-corrected chi connectivity index (χ0v) is 12.8. The zero-order chi connectivity index (χ0) is 15.6. The number of nitrogens with zero attached hydrogens (tertiary/aromatic N) is 6. The van der Waals surface area contributed by atoms with Crippen LogP contribution in [0, 0.1) is 0 Å². The number of rotatable bonds is 3. The van der Waals surface area contributed by atoms with Crippen molar-refractivity contribution in [2.24, 2.45) is 7.05 Å². The monoisotopic (exact) mass is 332 g/mol. The number of thiocarbonyl (C=S) groups is 1. The summed E-state index contributed by atoms with van der Waals surface area (Å²) < 4.78 is 33.7. The van der Waals surface area contributed by atoms with Gasteiger partial charge in [0.1, 0.15) is 0 Å². The average Bonchev–Trinajstić information content (AvgIpc) is 2.88. The Morgan fingerprint density at radius 1 is 1.52 bits per heavy atom. The lowest BCUT2D eigenvalue weighted by Gasteiger charge is -2.52. The van der Waals surface area contributed by atoms with Crippen LogP contribution >= 0.6 is 12.2 Å². The molecule has 0 radical (unpaired) electrons. The summed E-state index contributed by atoms with van der Waals surface area (Å²) in [4.78, 5) is 14.4. The summed E-state index contributed by atoms with van der Waals surface area (Å²) in [7, 11) is -2.99. The van der Waals surface area contributed by atoms with Gasteiger partial charge in [0.25, 0.3) is 5.91 Å². The molecule has 12 heteroatoms. The quantitative estimate of drug-likeness (QED) is 0.403. The average molecular weight is 332 g/mol. The lowest BCUT2D eigenvalue weighted by Crippen LogP contribution is -2.80. The number of fused-ring (bicyclic) bond motifs is 1. The van der Waals surface area contributed by atoms with E-state index in [0.29, 0.717) is 28.1 Å². The van der Waals surface area contributed by atoms with Crippen molar-refractivity contribution >= 4 is 39.2 Å². The fourth-order valence-electron chi connectivity index (χ4n) is 3.16. The lowest BCUT2D eigenvalue weighted by atomic mass is 9.79. The normalized spacial score (nSPS) is 28.5. The van der Waals surface area contributed by atoms with Gasteiger partial charge in [-0.2, -0.15) is 8.42 Å². The van der Waals surface area contributed by atoms with Gasteiger partial charge in [0.2, 0.25) is 5.95 Å². The minimum atomic E-state index is -4.60. The molecule has 2 saturated heterocycles. The first-order chi connectivity index (χ1) is 9.72. The van der Waals surface area contributed by atoms with E-state index in [0.717, 1.165) is 0 Å². The van der Waals surface area contributed by atoms with Gasteiger partial charge in [-0.1, -0.05) is 17.3 Å². The highest BCUT2D eigenvalue weighted by molar-refractivity contribution is 7.84. The molecule has 0 spiro atoms. The second-order valence-corrected chi connectivity index (χ2v) is 6.86. The van der Waals surface area contributed by atoms with Gasteiger partial charge in [-0.15, -0.1) is 0 Å². The van der Waals surface area contributed by atoms with Crippen LogP contribution in [0.1, 0.15) is 13.3 Å². The van der Waals surface area contributed by atoms with E-state index >= 15 is 0 Å². The van der Waals surface area contributed by atoms with Crippen LogP contribution in [0.15, 0.2) is 0 Å². The second kappa shape index (κ2) is 4.18. The molecule has 2 atom stereocenters. The van der Waals surface area contributed by atoms with Gasteiger partial charge in [-0.3, -0.25) is 9.35 Å². The van der Waals surface area contributed by atoms with Crippen molar-refractivity contribution in [3.8, 4) is 0 Å². The maximum Gasteiger partial charge on any atom is 0.362 e. The van der Waals surface area contributed by atoms with Gasteiger partial charge in [-0.25, -0.2) is 8.99 Å². The molecule has 2 aliphatic rings. The number of aryl methyl sites for hydroxylation is 1. The Kier molecular flexibility index (Phi) is 2.84. The summed E-state index contributed by atoms with van der Waals surface area (Å²) in [6.45, 7) is 1.92. The number of carbonyl (C=O) groups is 1. The van der Waals surface area contributed by atoms with E-state index in [-0.39, 0.29) is 0 Å². The van der Waals surface area contributed by atoms with Crippen LogP contribution in [0.4, 0.5) is 5.95 Å². The smallest absolute Gasteiger partial charge is 0.319 e. The maximum atomic E-state index is 12.4. The van der Waals surface area contributed by atoms with Crippen LogP contribution in [0.2, 0.25) is 0 Å². The van der Waals surface area contributed by atoms with E-state index in [2.05, 4.69) is 15.5 Å². The molecule has 10 nitrogen and oxygen atoms in total. The molecule has 2 unspecified atom stereocenters. The van der Waals surface area contributed by atoms with E-state index in [4.69, 9.17) is 12.2 Å². The molecule has 0 bridgehead atoms. The summed E-state index contributed by atoms with van der Waals surface area (Å²) in [6, 6.07) is -0.741. The third-order valence-electron chi connectivity index (χ3n) is 3.97. The molecule has 1 aromatic heterocycles. The Labute approximate surface area is 125 Å². The van der Waals surface area contributed by atoms with Crippen molar-refractivity contribution in [1.29, 1.82) is 0 Å². The number of anilines is 1. The first-order valence-electron chi connectivity index (χ1n) is 6.04. The SMILES string of the molecule is CC(=S)C12C(=O)N(S(=O)(=O)O)C1CCN2c1nnnn1C. The lowest BCUT2D eigenvalue weighted by molar-refractivity contribution is -0.142. The summed E-state index contributed by atoms with van der Waals surface area (Å²) in [6.07, 6.45) is 0.340. The summed E-state index contributed by atoms with van der Waals surface area (Å²) in [5.74, 6) is -0.451. The molecule has 0 aliphatic carbocycles. The van der Waals surface area contributed by atoms with Crippen LogP contribution in [0.25, 0.3) is 0 Å². The molecule has 0 aromatic carbocycles. The summed E-state index contributed by atoms with van der Waals surface area (Å²) in [5, 5.41) is 11.1. The molecule has 114 valence electrons. The largest absolute Gasteiger partial charge is 0.362 e. The Morgan fingerprint density at radius 3 is 2.67 bits per heavy atom. The Bertz CT molecular complexity index is 745. The number of hydrogen-bond acceptors (Lipinski definition) is 8. The number of carbonyl (C=O) groups excluding carboxylic acids is 1. The minimum absolute atomic E-state index is 0.318. The predicted molar refractivity (Wildman–Crippen MR) is 73.9 cm³/mol. The van der Waals surface area contributed by atoms with Crippen molar-refractivity contribution in [2.75, 3.05) is 11.4 Å². The Balaban J connectivity index is 2.11. The molecule has 3 heterocycles. The van der Waals surface area contributed by atoms with Crippen LogP contribution in [0.3, 0.4) is 0 Å². The van der Waals surface area contributed by atoms with Crippen LogP contribution in [-0.4, -0.2) is 66.4 Å². The third kappa shape index (κ3) is 1.60. The standard InChI is InChI=1S/C9H12N6O4S2/c1-5(20)9-6(15(7(9)16)21(17,18)19)3-4-14(9)8-10-11-12-13(8)2/h6H,3-4H2,1-2H3,(H,17,18,19). The van der Waals surface area contributed by atoms with Gasteiger partial charge in [-0.05, 0) is 23.8 Å². The highest BCUT2D eigenvalue weighted by atomic mass is 32.2. The van der Waals surface area contributed by atoms with Gasteiger partial charge < -0.3 is 4.90 Å². The van der Waals surface area contributed by atoms with Crippen molar-refractivity contribution in [2.45, 2.75) is 24.9 Å². The molecule has 3 rings (SSSR count). The molecular formula is C9H12N6O4S2. The Morgan fingerprint density at radius 2 is 2.19 bits per heavy atom. The molecule has 0 saturated carbocycles. The van der Waals surface area contributed by atoms with Crippen LogP contribution in [0.5, 0.6) is 0 Å². The highest BCUT2D eigenvalue weighted by Crippen LogP contribution is 2.47. The van der Waals surface area contributed by atoms with Crippen molar-refractivity contribution in [3.63, 3.8) is 0 Å². The van der Waals surface area contributed by atoms with Crippen molar-refractivity contribution in [3.05, 3.63) is 0 Å². The minimum Gasteiger partial charge on any atom is -0.319 e. The molecule has 2 aliphatic heterocycles. The van der Waals surface area contributed by atoms with Crippen LogP contribution < -0.4 is 4.90 Å². The number of amides is 1. The van der Waals surface area contributed by atoms with E-state index in [1.165, 1.54) is 4.68 Å². The van der Waals surface area contributed by atoms with E-state index in [9.17, 15) is 17.8 Å². The first-order valence-corrected chi connectivity index (χ1v) is 7.85. The first kappa shape index (κ1) is 14.3. The summed E-state index contributed by atoms with van der Waals surface area (Å²) >= 11 is 5.20. The fourth-order valence-corrected chi connectivity index (χ4v) is 4.42. The third-order valence-corrected chi connectivity index (χ3v) is 5.20. The topological polar surface area (TPSA) is 122 Å². The molecule has 1 amide bonds. The van der Waals surface area contributed by atoms with E-state index in [1.807, 2.05) is 0 Å². The number of hydrogen-bond donors (Lipinski definition) is 1. The van der Waals surface area contributed by atoms with Gasteiger partial charge in [0.05, 0.1) is 6.04 Å².